The Morgan fingerprint density at radius 1 is 1.13 bits per heavy atom. The van der Waals surface area contributed by atoms with Crippen LogP contribution in [0.25, 0.3) is 0 Å². The van der Waals surface area contributed by atoms with E-state index in [1.165, 1.54) is 31.9 Å². The summed E-state index contributed by atoms with van der Waals surface area (Å²) in [6, 6.07) is 0.532. The molecule has 7 heteroatoms. The second kappa shape index (κ2) is 8.33. The first-order valence-corrected chi connectivity index (χ1v) is 10.7. The second-order valence-corrected chi connectivity index (χ2v) is 9.14. The van der Waals surface area contributed by atoms with Crippen molar-refractivity contribution in [2.45, 2.75) is 51.5 Å². The van der Waals surface area contributed by atoms with E-state index in [1.807, 2.05) is 7.05 Å². The number of piperidine rings is 1. The van der Waals surface area contributed by atoms with Crippen LogP contribution in [0.2, 0.25) is 0 Å². The van der Waals surface area contributed by atoms with E-state index in [1.54, 1.807) is 4.31 Å². The summed E-state index contributed by atoms with van der Waals surface area (Å²) < 4.78 is 24.6. The molecule has 2 fully saturated rings. The van der Waals surface area contributed by atoms with Crippen LogP contribution in [0.15, 0.2) is 4.99 Å². The minimum Gasteiger partial charge on any atom is -0.356 e. The molecule has 1 aliphatic carbocycles. The van der Waals surface area contributed by atoms with Crippen LogP contribution < -0.4 is 10.6 Å². The molecule has 2 N–H and O–H groups in total. The van der Waals surface area contributed by atoms with Crippen LogP contribution in [0.5, 0.6) is 0 Å². The number of sulfonamides is 1. The molecule has 0 aromatic carbocycles. The topological polar surface area (TPSA) is 73.8 Å². The van der Waals surface area contributed by atoms with Gasteiger partial charge in [-0.3, -0.25) is 4.99 Å². The lowest BCUT2D eigenvalue weighted by molar-refractivity contribution is 0.274. The standard InChI is InChI=1S/C16H32N4O2S/c1-13-4-6-15(7-5-13)19-16(17-2)18-12-14-8-10-20(11-9-14)23(3,21)22/h13-15H,4-12H2,1-3H3,(H2,17,18,19). The van der Waals surface area contributed by atoms with E-state index in [0.29, 0.717) is 25.0 Å². The molecule has 1 saturated carbocycles. The number of nitrogens with one attached hydrogen (secondary N) is 2. The molecule has 134 valence electrons. The number of nitrogens with zero attached hydrogens (tertiary/aromatic N) is 2. The van der Waals surface area contributed by atoms with Crippen molar-refractivity contribution in [2.24, 2.45) is 16.8 Å². The summed E-state index contributed by atoms with van der Waals surface area (Å²) >= 11 is 0. The average molecular weight is 345 g/mol. The molecule has 0 aromatic rings. The highest BCUT2D eigenvalue weighted by Crippen LogP contribution is 2.23. The third-order valence-electron chi connectivity index (χ3n) is 5.18. The maximum Gasteiger partial charge on any atom is 0.211 e. The Balaban J connectivity index is 1.70. The van der Waals surface area contributed by atoms with Gasteiger partial charge in [0.05, 0.1) is 6.26 Å². The summed E-state index contributed by atoms with van der Waals surface area (Å²) in [7, 11) is -1.22. The van der Waals surface area contributed by atoms with E-state index in [-0.39, 0.29) is 0 Å². The average Bonchev–Trinajstić information content (AvgIpc) is 2.53. The van der Waals surface area contributed by atoms with Crippen molar-refractivity contribution in [3.8, 4) is 0 Å². The van der Waals surface area contributed by atoms with Gasteiger partial charge in [-0.05, 0) is 50.4 Å². The Hall–Kier alpha value is -0.820. The van der Waals surface area contributed by atoms with E-state index in [2.05, 4.69) is 22.5 Å². The minimum absolute atomic E-state index is 0.512. The van der Waals surface area contributed by atoms with Gasteiger partial charge in [0, 0.05) is 32.7 Å². The van der Waals surface area contributed by atoms with Crippen LogP contribution in [0.3, 0.4) is 0 Å². The first kappa shape index (κ1) is 18.5. The third-order valence-corrected chi connectivity index (χ3v) is 6.48. The third kappa shape index (κ3) is 5.95. The molecule has 1 aliphatic heterocycles. The smallest absolute Gasteiger partial charge is 0.211 e. The molecule has 0 bridgehead atoms. The summed E-state index contributed by atoms with van der Waals surface area (Å²) in [5.74, 6) is 2.25. The zero-order valence-electron chi connectivity index (χ0n) is 14.7. The normalized spacial score (nSPS) is 28.6. The van der Waals surface area contributed by atoms with Gasteiger partial charge in [-0.15, -0.1) is 0 Å². The summed E-state index contributed by atoms with van der Waals surface area (Å²) in [6.07, 6.45) is 8.14. The molecule has 2 aliphatic rings. The predicted octanol–water partition coefficient (Wildman–Crippen LogP) is 1.40. The largest absolute Gasteiger partial charge is 0.356 e. The molecule has 0 aromatic heterocycles. The van der Waals surface area contributed by atoms with Gasteiger partial charge >= 0.3 is 0 Å². The lowest BCUT2D eigenvalue weighted by atomic mass is 9.87. The van der Waals surface area contributed by atoms with Crippen LogP contribution in [-0.4, -0.2) is 57.7 Å². The summed E-state index contributed by atoms with van der Waals surface area (Å²) in [6.45, 7) is 4.46. The number of aliphatic imine (C=N–C) groups is 1. The molecule has 0 spiro atoms. The van der Waals surface area contributed by atoms with E-state index in [0.717, 1.165) is 31.3 Å². The number of hydrogen-bond donors (Lipinski definition) is 2. The van der Waals surface area contributed by atoms with Crippen LogP contribution >= 0.6 is 0 Å². The van der Waals surface area contributed by atoms with Crippen molar-refractivity contribution in [2.75, 3.05) is 32.9 Å². The van der Waals surface area contributed by atoms with E-state index >= 15 is 0 Å². The van der Waals surface area contributed by atoms with Gasteiger partial charge in [-0.2, -0.15) is 0 Å². The van der Waals surface area contributed by atoms with Gasteiger partial charge in [-0.1, -0.05) is 6.92 Å². The van der Waals surface area contributed by atoms with Gasteiger partial charge in [0.1, 0.15) is 0 Å². The molecule has 0 radical (unpaired) electrons. The van der Waals surface area contributed by atoms with Gasteiger partial charge in [0.15, 0.2) is 5.96 Å². The molecule has 1 saturated heterocycles. The molecular formula is C16H32N4O2S. The highest BCUT2D eigenvalue weighted by atomic mass is 32.2. The van der Waals surface area contributed by atoms with E-state index < -0.39 is 10.0 Å². The predicted molar refractivity (Wildman–Crippen MR) is 95.1 cm³/mol. The number of rotatable bonds is 4. The van der Waals surface area contributed by atoms with Crippen LogP contribution in [-0.2, 0) is 10.0 Å². The SMILES string of the molecule is CN=C(NCC1CCN(S(C)(=O)=O)CC1)NC1CCC(C)CC1. The molecule has 1 heterocycles. The van der Waals surface area contributed by atoms with Crippen LogP contribution in [0, 0.1) is 11.8 Å². The summed E-state index contributed by atoms with van der Waals surface area (Å²) in [4.78, 5) is 4.33. The molecule has 6 nitrogen and oxygen atoms in total. The highest BCUT2D eigenvalue weighted by Gasteiger charge is 2.25. The van der Waals surface area contributed by atoms with Gasteiger partial charge in [0.2, 0.25) is 10.0 Å². The zero-order valence-corrected chi connectivity index (χ0v) is 15.5. The first-order valence-electron chi connectivity index (χ1n) is 8.80. The fraction of sp³-hybridized carbons (Fsp3) is 0.938. The molecule has 23 heavy (non-hydrogen) atoms. The van der Waals surface area contributed by atoms with Crippen molar-refractivity contribution in [1.82, 2.24) is 14.9 Å². The van der Waals surface area contributed by atoms with Crippen molar-refractivity contribution in [1.29, 1.82) is 0 Å². The Bertz CT molecular complexity index is 490. The van der Waals surface area contributed by atoms with E-state index in [4.69, 9.17) is 0 Å². The zero-order chi connectivity index (χ0) is 16.9. The molecule has 0 unspecified atom stereocenters. The lowest BCUT2D eigenvalue weighted by Gasteiger charge is -2.31. The van der Waals surface area contributed by atoms with Crippen LogP contribution in [0.4, 0.5) is 0 Å². The Morgan fingerprint density at radius 3 is 2.26 bits per heavy atom. The van der Waals surface area contributed by atoms with Gasteiger partial charge in [0.25, 0.3) is 0 Å². The van der Waals surface area contributed by atoms with Crippen molar-refractivity contribution >= 4 is 16.0 Å². The molecule has 0 amide bonds. The number of guanidine groups is 1. The van der Waals surface area contributed by atoms with Crippen LogP contribution in [0.1, 0.15) is 45.4 Å². The van der Waals surface area contributed by atoms with Crippen molar-refractivity contribution in [3.05, 3.63) is 0 Å². The quantitative estimate of drug-likeness (QED) is 0.597. The van der Waals surface area contributed by atoms with Gasteiger partial charge in [-0.25, -0.2) is 12.7 Å². The minimum atomic E-state index is -3.03. The first-order chi connectivity index (χ1) is 10.9. The Morgan fingerprint density at radius 2 is 1.74 bits per heavy atom. The monoisotopic (exact) mass is 344 g/mol. The van der Waals surface area contributed by atoms with E-state index in [9.17, 15) is 8.42 Å². The van der Waals surface area contributed by atoms with Gasteiger partial charge < -0.3 is 10.6 Å². The summed E-state index contributed by atoms with van der Waals surface area (Å²) in [5.41, 5.74) is 0. The lowest BCUT2D eigenvalue weighted by Crippen LogP contribution is -2.47. The molecule has 0 atom stereocenters. The summed E-state index contributed by atoms with van der Waals surface area (Å²) in [5, 5.41) is 6.95. The molecule has 2 rings (SSSR count). The molecular weight excluding hydrogens is 312 g/mol. The highest BCUT2D eigenvalue weighted by molar-refractivity contribution is 7.88. The fourth-order valence-electron chi connectivity index (χ4n) is 3.48. The maximum absolute atomic E-state index is 11.5. The Labute approximate surface area is 141 Å². The maximum atomic E-state index is 11.5. The number of hydrogen-bond acceptors (Lipinski definition) is 3. The second-order valence-electron chi connectivity index (χ2n) is 7.16. The Kier molecular flexibility index (Phi) is 6.71. The van der Waals surface area contributed by atoms with Crippen molar-refractivity contribution < 1.29 is 8.42 Å². The fourth-order valence-corrected chi connectivity index (χ4v) is 4.35. The van der Waals surface area contributed by atoms with Crippen molar-refractivity contribution in [3.63, 3.8) is 0 Å².